The largest absolute Gasteiger partial charge is 0.228 e. The van der Waals surface area contributed by atoms with Crippen molar-refractivity contribution in [3.63, 3.8) is 0 Å². The van der Waals surface area contributed by atoms with Crippen molar-refractivity contribution < 1.29 is 0 Å². The van der Waals surface area contributed by atoms with Gasteiger partial charge in [0.2, 0.25) is 0 Å². The monoisotopic (exact) mass is 368 g/mol. The van der Waals surface area contributed by atoms with Gasteiger partial charge in [0.15, 0.2) is 0 Å². The third kappa shape index (κ3) is 3.26. The van der Waals surface area contributed by atoms with Gasteiger partial charge >= 0.3 is 0 Å². The van der Waals surface area contributed by atoms with Crippen LogP contribution in [-0.4, -0.2) is 9.97 Å². The minimum Gasteiger partial charge on any atom is -0.228 e. The Labute approximate surface area is 126 Å². The first kappa shape index (κ1) is 13.4. The number of aromatic nitrogens is 2. The topological polar surface area (TPSA) is 25.8 Å². The Morgan fingerprint density at radius 3 is 2.53 bits per heavy atom. The molecule has 1 heterocycles. The average molecular weight is 370 g/mol. The smallest absolute Gasteiger partial charge is 0.147 e. The summed E-state index contributed by atoms with van der Waals surface area (Å²) < 4.78 is 0.665. The van der Waals surface area contributed by atoms with Crippen LogP contribution in [0.5, 0.6) is 0 Å². The lowest BCUT2D eigenvalue weighted by molar-refractivity contribution is 1.03. The van der Waals surface area contributed by atoms with E-state index in [0.29, 0.717) is 19.7 Å². The molecule has 0 saturated heterocycles. The molecule has 2 rings (SSSR count). The highest BCUT2D eigenvalue weighted by Gasteiger charge is 2.09. The third-order valence-corrected chi connectivity index (χ3v) is 5.08. The molecule has 1 aromatic carbocycles. The fourth-order valence-electron chi connectivity index (χ4n) is 1.06. The maximum atomic E-state index is 5.94. The minimum absolute atomic E-state index is 0.377. The van der Waals surface area contributed by atoms with E-state index in [9.17, 15) is 0 Å². The maximum Gasteiger partial charge on any atom is 0.147 e. The summed E-state index contributed by atoms with van der Waals surface area (Å²) in [6.45, 7) is 0. The Morgan fingerprint density at radius 2 is 1.82 bits per heavy atom. The number of rotatable bonds is 2. The number of hydrogen-bond acceptors (Lipinski definition) is 3. The standard InChI is InChI=1S/C10H4BrCl3N2S/c11-8-9(14)15-4-16-10(8)17-5-1-2-6(12)7(13)3-5/h1-4H. The number of hydrogen-bond donors (Lipinski definition) is 0. The van der Waals surface area contributed by atoms with E-state index < -0.39 is 0 Å². The molecule has 17 heavy (non-hydrogen) atoms. The molecular formula is C10H4BrCl3N2S. The molecule has 88 valence electrons. The molecule has 0 unspecified atom stereocenters. The van der Waals surface area contributed by atoms with Crippen molar-refractivity contribution in [1.82, 2.24) is 9.97 Å². The van der Waals surface area contributed by atoms with E-state index in [4.69, 9.17) is 34.8 Å². The summed E-state index contributed by atoms with van der Waals surface area (Å²) in [6.07, 6.45) is 1.41. The third-order valence-electron chi connectivity index (χ3n) is 1.82. The summed E-state index contributed by atoms with van der Waals surface area (Å²) in [5.74, 6) is 0. The van der Waals surface area contributed by atoms with E-state index in [1.807, 2.05) is 6.07 Å². The van der Waals surface area contributed by atoms with Crippen LogP contribution >= 0.6 is 62.5 Å². The van der Waals surface area contributed by atoms with Crippen LogP contribution in [0, 0.1) is 0 Å². The van der Waals surface area contributed by atoms with Crippen molar-refractivity contribution in [2.24, 2.45) is 0 Å². The fraction of sp³-hybridized carbons (Fsp3) is 0. The van der Waals surface area contributed by atoms with Gasteiger partial charge in [0.1, 0.15) is 16.5 Å². The van der Waals surface area contributed by atoms with Crippen LogP contribution in [0.15, 0.2) is 38.9 Å². The fourth-order valence-corrected chi connectivity index (χ4v) is 2.88. The summed E-state index contributed by atoms with van der Waals surface area (Å²) in [5, 5.41) is 2.13. The highest BCUT2D eigenvalue weighted by molar-refractivity contribution is 9.10. The molecule has 0 radical (unpaired) electrons. The van der Waals surface area contributed by atoms with E-state index in [1.165, 1.54) is 18.1 Å². The molecule has 0 atom stereocenters. The van der Waals surface area contributed by atoms with Crippen molar-refractivity contribution in [1.29, 1.82) is 0 Å². The summed E-state index contributed by atoms with van der Waals surface area (Å²) in [7, 11) is 0. The SMILES string of the molecule is Clc1ccc(Sc2ncnc(Cl)c2Br)cc1Cl. The first-order valence-electron chi connectivity index (χ1n) is 4.37. The molecule has 0 N–H and O–H groups in total. The molecule has 0 amide bonds. The van der Waals surface area contributed by atoms with Crippen molar-refractivity contribution in [2.45, 2.75) is 9.92 Å². The Balaban J connectivity index is 2.31. The van der Waals surface area contributed by atoms with Gasteiger partial charge in [0, 0.05) is 4.90 Å². The lowest BCUT2D eigenvalue weighted by atomic mass is 10.4. The van der Waals surface area contributed by atoms with Crippen LogP contribution in [0.25, 0.3) is 0 Å². The van der Waals surface area contributed by atoms with Crippen LogP contribution in [0.3, 0.4) is 0 Å². The Hall–Kier alpha value is -0.0000000000000000555. The van der Waals surface area contributed by atoms with Crippen LogP contribution < -0.4 is 0 Å². The molecule has 0 aliphatic rings. The molecule has 2 nitrogen and oxygen atoms in total. The van der Waals surface area contributed by atoms with Gasteiger partial charge < -0.3 is 0 Å². The van der Waals surface area contributed by atoms with Gasteiger partial charge in [-0.1, -0.05) is 46.6 Å². The maximum absolute atomic E-state index is 5.94. The van der Waals surface area contributed by atoms with Crippen LogP contribution in [-0.2, 0) is 0 Å². The van der Waals surface area contributed by atoms with Crippen molar-refractivity contribution in [2.75, 3.05) is 0 Å². The summed E-state index contributed by atoms with van der Waals surface area (Å²) >= 11 is 22.4. The molecule has 0 fully saturated rings. The van der Waals surface area contributed by atoms with Gasteiger partial charge in [-0.15, -0.1) is 0 Å². The van der Waals surface area contributed by atoms with Gasteiger partial charge in [0.25, 0.3) is 0 Å². The first-order valence-corrected chi connectivity index (χ1v) is 7.11. The zero-order valence-electron chi connectivity index (χ0n) is 8.12. The Morgan fingerprint density at radius 1 is 1.06 bits per heavy atom. The first-order chi connectivity index (χ1) is 8.08. The van der Waals surface area contributed by atoms with E-state index in [2.05, 4.69) is 25.9 Å². The zero-order valence-corrected chi connectivity index (χ0v) is 12.8. The summed E-state index contributed by atoms with van der Waals surface area (Å²) in [6, 6.07) is 5.38. The summed E-state index contributed by atoms with van der Waals surface area (Å²) in [5.41, 5.74) is 0. The molecule has 2 aromatic rings. The molecule has 1 aromatic heterocycles. The van der Waals surface area contributed by atoms with Gasteiger partial charge in [-0.25, -0.2) is 9.97 Å². The van der Waals surface area contributed by atoms with Gasteiger partial charge in [-0.3, -0.25) is 0 Å². The second-order valence-corrected chi connectivity index (χ2v) is 5.99. The van der Waals surface area contributed by atoms with E-state index in [-0.39, 0.29) is 0 Å². The van der Waals surface area contributed by atoms with Crippen LogP contribution in [0.1, 0.15) is 0 Å². The average Bonchev–Trinajstić information content (AvgIpc) is 2.30. The lowest BCUT2D eigenvalue weighted by Gasteiger charge is -2.04. The van der Waals surface area contributed by atoms with E-state index >= 15 is 0 Å². The van der Waals surface area contributed by atoms with Gasteiger partial charge in [-0.05, 0) is 34.1 Å². The van der Waals surface area contributed by atoms with Crippen molar-refractivity contribution in [3.05, 3.63) is 44.2 Å². The predicted octanol–water partition coefficient (Wildman–Crippen LogP) is 5.35. The van der Waals surface area contributed by atoms with Gasteiger partial charge in [-0.2, -0.15) is 0 Å². The number of benzene rings is 1. The molecule has 0 spiro atoms. The lowest BCUT2D eigenvalue weighted by Crippen LogP contribution is -1.86. The number of nitrogens with zero attached hydrogens (tertiary/aromatic N) is 2. The molecule has 7 heteroatoms. The van der Waals surface area contributed by atoms with E-state index in [1.54, 1.807) is 12.1 Å². The Bertz CT molecular complexity index is 565. The zero-order chi connectivity index (χ0) is 12.4. The second-order valence-electron chi connectivity index (χ2n) is 2.96. The molecule has 0 aliphatic carbocycles. The quantitative estimate of drug-likeness (QED) is 0.667. The van der Waals surface area contributed by atoms with Crippen molar-refractivity contribution in [3.8, 4) is 0 Å². The Kier molecular flexibility index (Phi) is 4.55. The molecule has 0 bridgehead atoms. The number of halogens is 4. The second kappa shape index (κ2) is 5.76. The van der Waals surface area contributed by atoms with Crippen LogP contribution in [0.4, 0.5) is 0 Å². The van der Waals surface area contributed by atoms with Crippen molar-refractivity contribution >= 4 is 62.5 Å². The van der Waals surface area contributed by atoms with E-state index in [0.717, 1.165) is 9.92 Å². The molecule has 0 aliphatic heterocycles. The highest BCUT2D eigenvalue weighted by Crippen LogP contribution is 2.36. The predicted molar refractivity (Wildman–Crippen MR) is 75.3 cm³/mol. The summed E-state index contributed by atoms with van der Waals surface area (Å²) in [4.78, 5) is 8.92. The van der Waals surface area contributed by atoms with Gasteiger partial charge in [0.05, 0.1) is 14.5 Å². The normalized spacial score (nSPS) is 10.6. The van der Waals surface area contributed by atoms with Crippen LogP contribution in [0.2, 0.25) is 15.2 Å². The minimum atomic E-state index is 0.377. The highest BCUT2D eigenvalue weighted by atomic mass is 79.9. The molecular weight excluding hydrogens is 366 g/mol. The molecule has 0 saturated carbocycles.